The summed E-state index contributed by atoms with van der Waals surface area (Å²) in [5.41, 5.74) is 0.364. The minimum atomic E-state index is -1.36. The fraction of sp³-hybridized carbons (Fsp3) is 0.333. The maximum atomic E-state index is 12.8. The molecule has 0 saturated carbocycles. The van der Waals surface area contributed by atoms with Crippen LogP contribution in [0, 0.1) is 5.41 Å². The molecule has 64 heavy (non-hydrogen) atoms. The molecule has 0 spiro atoms. The quantitative estimate of drug-likeness (QED) is 0.0444. The van der Waals surface area contributed by atoms with Gasteiger partial charge in [0.1, 0.15) is 19.8 Å². The van der Waals surface area contributed by atoms with Gasteiger partial charge in [0.05, 0.1) is 52.6 Å². The Hall–Kier alpha value is -5.89. The minimum Gasteiger partial charge on any atom is -0.504 e. The zero-order valence-electron chi connectivity index (χ0n) is 35.6. The third-order valence-corrected chi connectivity index (χ3v) is 11.1. The molecule has 0 atom stereocenters. The van der Waals surface area contributed by atoms with E-state index in [1.807, 2.05) is 0 Å². The molecule has 0 aromatic heterocycles. The summed E-state index contributed by atoms with van der Waals surface area (Å²) in [7, 11) is 5.59. The van der Waals surface area contributed by atoms with E-state index < -0.39 is 43.1 Å². The van der Waals surface area contributed by atoms with Crippen molar-refractivity contribution in [2.24, 2.45) is 5.41 Å². The van der Waals surface area contributed by atoms with Gasteiger partial charge in [0.25, 0.3) is 0 Å². The van der Waals surface area contributed by atoms with Gasteiger partial charge in [0.2, 0.25) is 15.3 Å². The fourth-order valence-corrected chi connectivity index (χ4v) is 7.14. The van der Waals surface area contributed by atoms with Crippen LogP contribution in [-0.4, -0.2) is 121 Å². The second-order valence-corrected chi connectivity index (χ2v) is 16.8. The van der Waals surface area contributed by atoms with E-state index in [0.29, 0.717) is 16.7 Å². The Kier molecular flexibility index (Phi) is 23.0. The molecule has 0 radical (unpaired) electrons. The first-order valence-corrected chi connectivity index (χ1v) is 22.3. The molecule has 0 amide bonds. The summed E-state index contributed by atoms with van der Waals surface area (Å²) in [4.78, 5) is 75.8. The number of carbonyl (C=O) groups excluding carboxylic acids is 6. The van der Waals surface area contributed by atoms with Crippen LogP contribution in [0.15, 0.2) is 72.8 Å². The van der Waals surface area contributed by atoms with Crippen molar-refractivity contribution in [1.82, 2.24) is 0 Å². The first-order chi connectivity index (χ1) is 30.7. The molecule has 0 unspecified atom stereocenters. The molecule has 3 rings (SSSR count). The highest BCUT2D eigenvalue weighted by molar-refractivity contribution is 8.14. The lowest BCUT2D eigenvalue weighted by atomic mass is 9.92. The molecule has 3 aromatic carbocycles. The van der Waals surface area contributed by atoms with Crippen LogP contribution < -0.4 is 14.2 Å². The average Bonchev–Trinajstić information content (AvgIpc) is 3.28. The van der Waals surface area contributed by atoms with Crippen molar-refractivity contribution >= 4 is 86.8 Å². The second kappa shape index (κ2) is 28.0. The summed E-state index contributed by atoms with van der Waals surface area (Å²) in [5.74, 6) is -1.27. The van der Waals surface area contributed by atoms with Gasteiger partial charge in [-0.1, -0.05) is 71.7 Å². The van der Waals surface area contributed by atoms with Crippen molar-refractivity contribution in [3.8, 4) is 34.5 Å². The Labute approximate surface area is 383 Å². The number of thioether (sulfide) groups is 3. The summed E-state index contributed by atoms with van der Waals surface area (Å²) < 4.78 is 37.1. The van der Waals surface area contributed by atoms with Gasteiger partial charge in [-0.15, -0.1) is 0 Å². The van der Waals surface area contributed by atoms with Gasteiger partial charge in [-0.3, -0.25) is 28.8 Å². The summed E-state index contributed by atoms with van der Waals surface area (Å²) >= 11 is 2.61. The normalized spacial score (nSPS) is 11.4. The summed E-state index contributed by atoms with van der Waals surface area (Å²) in [6, 6.07) is 13.9. The van der Waals surface area contributed by atoms with E-state index in [1.54, 1.807) is 36.4 Å². The SMILES string of the molecule is COCC(COC(=O)CCSC(=O)/C=C/c1ccc(OC)c(O)c1)(COC(=O)CCSC(=O)/C=C/c1ccc(OC)c(O)c1)COC(=O)CCSC(=O)/C=C/c1ccc(O)c(OC)c1. The highest BCUT2D eigenvalue weighted by atomic mass is 32.2. The number of esters is 3. The third kappa shape index (κ3) is 19.2. The first kappa shape index (κ1) is 52.5. The Morgan fingerprint density at radius 3 is 1.19 bits per heavy atom. The standard InChI is InChI=1S/C45H50O16S3/c1-55-26-45(27-59-39(49)17-20-62-42(52)14-8-30-6-12-36(56-2)34(47)23-30,28-60-40(50)18-21-63-43(53)15-9-31-7-13-37(57-3)35(48)24-31)29-61-41(51)19-22-64-44(54)16-10-32-5-11-33(46)38(25-32)58-4/h5-16,23-25,46-48H,17-22,26-29H2,1-4H3/b14-8+,15-9+,16-10+. The molecule has 0 aliphatic carbocycles. The van der Waals surface area contributed by atoms with Crippen LogP contribution in [0.1, 0.15) is 36.0 Å². The van der Waals surface area contributed by atoms with Crippen LogP contribution in [0.4, 0.5) is 0 Å². The van der Waals surface area contributed by atoms with Crippen LogP contribution >= 0.6 is 35.3 Å². The van der Waals surface area contributed by atoms with Gasteiger partial charge in [0, 0.05) is 24.4 Å². The number of hydrogen-bond acceptors (Lipinski definition) is 19. The zero-order chi connectivity index (χ0) is 46.9. The number of ether oxygens (including phenoxy) is 7. The van der Waals surface area contributed by atoms with E-state index in [2.05, 4.69) is 0 Å². The number of phenols is 3. The maximum absolute atomic E-state index is 12.8. The minimum absolute atomic E-state index is 0.0474. The van der Waals surface area contributed by atoms with Gasteiger partial charge in [-0.25, -0.2) is 0 Å². The second-order valence-electron chi connectivity index (χ2n) is 13.5. The molecule has 0 aliphatic rings. The summed E-state index contributed by atoms with van der Waals surface area (Å²) in [6.45, 7) is -1.39. The Morgan fingerprint density at radius 2 is 0.844 bits per heavy atom. The topological polar surface area (TPSA) is 228 Å². The predicted octanol–water partition coefficient (Wildman–Crippen LogP) is 6.48. The Balaban J connectivity index is 1.56. The Bertz CT molecular complexity index is 2070. The lowest BCUT2D eigenvalue weighted by molar-refractivity contribution is -0.165. The van der Waals surface area contributed by atoms with Crippen LogP contribution in [0.5, 0.6) is 34.5 Å². The van der Waals surface area contributed by atoms with Gasteiger partial charge in [-0.05, 0) is 71.3 Å². The molecule has 3 aromatic rings. The highest BCUT2D eigenvalue weighted by Crippen LogP contribution is 2.29. The highest BCUT2D eigenvalue weighted by Gasteiger charge is 2.36. The maximum Gasteiger partial charge on any atom is 0.306 e. The molecule has 0 heterocycles. The first-order valence-electron chi connectivity index (χ1n) is 19.3. The molecule has 344 valence electrons. The fourth-order valence-electron chi connectivity index (χ4n) is 5.23. The lowest BCUT2D eigenvalue weighted by Gasteiger charge is -2.31. The number of hydrogen-bond donors (Lipinski definition) is 3. The van der Waals surface area contributed by atoms with Crippen molar-refractivity contribution in [3.05, 3.63) is 89.5 Å². The van der Waals surface area contributed by atoms with Gasteiger partial charge >= 0.3 is 17.9 Å². The predicted molar refractivity (Wildman–Crippen MR) is 245 cm³/mol. The lowest BCUT2D eigenvalue weighted by Crippen LogP contribution is -2.43. The monoisotopic (exact) mass is 942 g/mol. The van der Waals surface area contributed by atoms with Crippen molar-refractivity contribution in [2.45, 2.75) is 19.3 Å². The van der Waals surface area contributed by atoms with Crippen molar-refractivity contribution in [3.63, 3.8) is 0 Å². The molecule has 3 N–H and O–H groups in total. The summed E-state index contributed by atoms with van der Waals surface area (Å²) in [6.07, 6.45) is 7.94. The van der Waals surface area contributed by atoms with Crippen molar-refractivity contribution in [2.75, 3.05) is 72.1 Å². The van der Waals surface area contributed by atoms with Gasteiger partial charge < -0.3 is 48.5 Å². The smallest absolute Gasteiger partial charge is 0.306 e. The number of methoxy groups -OCH3 is 4. The number of phenolic OH excluding ortho intramolecular Hbond substituents is 3. The molecule has 19 heteroatoms. The van der Waals surface area contributed by atoms with E-state index in [-0.39, 0.29) is 93.0 Å². The van der Waals surface area contributed by atoms with Crippen LogP contribution in [0.2, 0.25) is 0 Å². The van der Waals surface area contributed by atoms with E-state index in [4.69, 9.17) is 33.2 Å². The van der Waals surface area contributed by atoms with Crippen molar-refractivity contribution in [1.29, 1.82) is 0 Å². The van der Waals surface area contributed by atoms with Crippen LogP contribution in [-0.2, 0) is 47.7 Å². The van der Waals surface area contributed by atoms with Gasteiger partial charge in [-0.2, -0.15) is 0 Å². The number of rotatable bonds is 26. The number of carbonyl (C=O) groups is 6. The van der Waals surface area contributed by atoms with E-state index in [9.17, 15) is 44.1 Å². The number of benzene rings is 3. The molecular weight excluding hydrogens is 893 g/mol. The molecule has 16 nitrogen and oxygen atoms in total. The largest absolute Gasteiger partial charge is 0.504 e. The van der Waals surface area contributed by atoms with E-state index >= 15 is 0 Å². The van der Waals surface area contributed by atoms with E-state index in [1.165, 1.54) is 83.1 Å². The Morgan fingerprint density at radius 1 is 0.484 bits per heavy atom. The molecular formula is C45H50O16S3. The molecule has 0 saturated heterocycles. The zero-order valence-corrected chi connectivity index (χ0v) is 38.1. The summed E-state index contributed by atoms with van der Waals surface area (Å²) in [5, 5.41) is 28.6. The molecule has 0 aliphatic heterocycles. The average molecular weight is 943 g/mol. The van der Waals surface area contributed by atoms with E-state index in [0.717, 1.165) is 35.3 Å². The van der Waals surface area contributed by atoms with Crippen molar-refractivity contribution < 1.29 is 77.2 Å². The van der Waals surface area contributed by atoms with Gasteiger partial charge in [0.15, 0.2) is 34.5 Å². The third-order valence-electron chi connectivity index (χ3n) is 8.57. The van der Waals surface area contributed by atoms with Crippen LogP contribution in [0.3, 0.4) is 0 Å². The molecule has 0 fully saturated rings. The number of aromatic hydroxyl groups is 3. The molecule has 0 bridgehead atoms. The van der Waals surface area contributed by atoms with Crippen LogP contribution in [0.25, 0.3) is 18.2 Å².